The molecule has 1 N–H and O–H groups in total. The van der Waals surface area contributed by atoms with Crippen LogP contribution in [0.2, 0.25) is 0 Å². The molecule has 0 bridgehead atoms. The molecule has 0 amide bonds. The van der Waals surface area contributed by atoms with Gasteiger partial charge in [0.05, 0.1) is 5.92 Å². The van der Waals surface area contributed by atoms with E-state index in [0.29, 0.717) is 5.92 Å². The van der Waals surface area contributed by atoms with Gasteiger partial charge in [0.25, 0.3) is 0 Å². The molecular weight excluding hydrogens is 226 g/mol. The molecule has 0 spiro atoms. The van der Waals surface area contributed by atoms with Crippen LogP contribution in [0.5, 0.6) is 0 Å². The van der Waals surface area contributed by atoms with Crippen molar-refractivity contribution in [1.29, 1.82) is 0 Å². The van der Waals surface area contributed by atoms with Crippen molar-refractivity contribution in [3.8, 4) is 0 Å². The van der Waals surface area contributed by atoms with E-state index in [1.807, 2.05) is 0 Å². The first-order chi connectivity index (χ1) is 8.60. The normalized spacial score (nSPS) is 18.3. The number of rotatable bonds is 5. The summed E-state index contributed by atoms with van der Waals surface area (Å²) < 4.78 is 0. The maximum Gasteiger partial charge on any atom is 0.306 e. The van der Waals surface area contributed by atoms with Crippen LogP contribution in [0.15, 0.2) is 24.3 Å². The maximum atomic E-state index is 10.9. The van der Waals surface area contributed by atoms with Crippen molar-refractivity contribution in [1.82, 2.24) is 4.90 Å². The molecule has 0 aromatic heterocycles. The van der Waals surface area contributed by atoms with E-state index in [1.165, 1.54) is 11.1 Å². The summed E-state index contributed by atoms with van der Waals surface area (Å²) in [5.74, 6) is -0.576. The van der Waals surface area contributed by atoms with Crippen molar-refractivity contribution in [3.05, 3.63) is 35.4 Å². The lowest BCUT2D eigenvalue weighted by Gasteiger charge is -2.41. The van der Waals surface area contributed by atoms with E-state index in [1.54, 1.807) is 6.92 Å². The fourth-order valence-electron chi connectivity index (χ4n) is 2.40. The highest BCUT2D eigenvalue weighted by Crippen LogP contribution is 2.25. The topological polar surface area (TPSA) is 40.5 Å². The molecule has 0 radical (unpaired) electrons. The van der Waals surface area contributed by atoms with E-state index >= 15 is 0 Å². The smallest absolute Gasteiger partial charge is 0.306 e. The van der Waals surface area contributed by atoms with Crippen LogP contribution in [0.25, 0.3) is 0 Å². The largest absolute Gasteiger partial charge is 0.481 e. The van der Waals surface area contributed by atoms with Gasteiger partial charge in [0, 0.05) is 19.6 Å². The highest BCUT2D eigenvalue weighted by molar-refractivity contribution is 5.70. The third-order valence-electron chi connectivity index (χ3n) is 3.92. The van der Waals surface area contributed by atoms with Crippen molar-refractivity contribution in [2.24, 2.45) is 11.8 Å². The summed E-state index contributed by atoms with van der Waals surface area (Å²) in [5, 5.41) is 8.93. The Morgan fingerprint density at radius 2 is 1.89 bits per heavy atom. The van der Waals surface area contributed by atoms with E-state index in [0.717, 1.165) is 26.1 Å². The van der Waals surface area contributed by atoms with Gasteiger partial charge in [0.2, 0.25) is 0 Å². The third-order valence-corrected chi connectivity index (χ3v) is 3.92. The number of likely N-dealkylation sites (tertiary alicyclic amines) is 1. The van der Waals surface area contributed by atoms with E-state index in [9.17, 15) is 4.79 Å². The molecule has 1 unspecified atom stereocenters. The number of carboxylic acid groups (broad SMARTS) is 1. The van der Waals surface area contributed by atoms with Gasteiger partial charge in [-0.25, -0.2) is 0 Å². The molecule has 1 heterocycles. The molecule has 1 fully saturated rings. The van der Waals surface area contributed by atoms with Crippen LogP contribution >= 0.6 is 0 Å². The van der Waals surface area contributed by atoms with Crippen LogP contribution in [0, 0.1) is 11.8 Å². The Kier molecular flexibility index (Phi) is 4.02. The molecule has 1 aromatic rings. The first-order valence-electron chi connectivity index (χ1n) is 6.63. The second kappa shape index (κ2) is 5.53. The molecule has 1 atom stereocenters. The van der Waals surface area contributed by atoms with Gasteiger partial charge in [-0.1, -0.05) is 38.1 Å². The van der Waals surface area contributed by atoms with Crippen molar-refractivity contribution in [2.75, 3.05) is 13.1 Å². The maximum absolute atomic E-state index is 10.9. The summed E-state index contributed by atoms with van der Waals surface area (Å²) in [6.07, 6.45) is 1.07. The molecule has 98 valence electrons. The molecule has 2 rings (SSSR count). The first-order valence-corrected chi connectivity index (χ1v) is 6.63. The molecule has 1 aliphatic rings. The molecule has 1 aromatic carbocycles. The van der Waals surface area contributed by atoms with Crippen molar-refractivity contribution < 1.29 is 9.90 Å². The summed E-state index contributed by atoms with van der Waals surface area (Å²) in [5.41, 5.74) is 2.67. The lowest BCUT2D eigenvalue weighted by molar-refractivity contribution is -0.145. The second-order valence-electron chi connectivity index (χ2n) is 5.25. The summed E-state index contributed by atoms with van der Waals surface area (Å²) >= 11 is 0. The molecule has 3 nitrogen and oxygen atoms in total. The minimum atomic E-state index is -0.674. The Bertz CT molecular complexity index is 407. The minimum absolute atomic E-state index is 0.219. The third kappa shape index (κ3) is 2.91. The van der Waals surface area contributed by atoms with Crippen LogP contribution in [0.1, 0.15) is 25.0 Å². The van der Waals surface area contributed by atoms with E-state index in [-0.39, 0.29) is 5.92 Å². The zero-order valence-electron chi connectivity index (χ0n) is 11.1. The van der Waals surface area contributed by atoms with Crippen molar-refractivity contribution in [2.45, 2.75) is 26.8 Å². The van der Waals surface area contributed by atoms with E-state index < -0.39 is 5.97 Å². The lowest BCUT2D eigenvalue weighted by atomic mass is 9.87. The van der Waals surface area contributed by atoms with E-state index in [4.69, 9.17) is 5.11 Å². The number of carbonyl (C=O) groups is 1. The van der Waals surface area contributed by atoms with Crippen molar-refractivity contribution >= 4 is 5.97 Å². The highest BCUT2D eigenvalue weighted by Gasteiger charge is 2.34. The lowest BCUT2D eigenvalue weighted by Crippen LogP contribution is -2.50. The number of aliphatic carboxylic acids is 1. The highest BCUT2D eigenvalue weighted by atomic mass is 16.4. The van der Waals surface area contributed by atoms with Gasteiger partial charge in [0.15, 0.2) is 0 Å². The Balaban J connectivity index is 1.81. The van der Waals surface area contributed by atoms with Crippen molar-refractivity contribution in [3.63, 3.8) is 0 Å². The van der Waals surface area contributed by atoms with Gasteiger partial charge in [-0.2, -0.15) is 0 Å². The molecule has 1 saturated heterocycles. The molecule has 1 aliphatic heterocycles. The standard InChI is InChI=1S/C15H21NO2/c1-3-12-4-6-13(7-5-12)8-16-9-14(10-16)11(2)15(17)18/h4-7,11,14H,3,8-10H2,1-2H3,(H,17,18). The average Bonchev–Trinajstić information content (AvgIpc) is 2.33. The summed E-state index contributed by atoms with van der Waals surface area (Å²) in [7, 11) is 0. The molecule has 18 heavy (non-hydrogen) atoms. The Morgan fingerprint density at radius 1 is 1.33 bits per heavy atom. The van der Waals surface area contributed by atoms with Crippen LogP contribution in [-0.4, -0.2) is 29.1 Å². The predicted octanol–water partition coefficient (Wildman–Crippen LogP) is 2.40. The minimum Gasteiger partial charge on any atom is -0.481 e. The number of benzene rings is 1. The number of hydrogen-bond donors (Lipinski definition) is 1. The SMILES string of the molecule is CCc1ccc(CN2CC(C(C)C(=O)O)C2)cc1. The molecule has 3 heteroatoms. The van der Waals surface area contributed by atoms with Crippen LogP contribution < -0.4 is 0 Å². The van der Waals surface area contributed by atoms with Gasteiger partial charge in [-0.3, -0.25) is 9.69 Å². The fourth-order valence-corrected chi connectivity index (χ4v) is 2.40. The van der Waals surface area contributed by atoms with Crippen LogP contribution in [0.4, 0.5) is 0 Å². The Labute approximate surface area is 108 Å². The van der Waals surface area contributed by atoms with Crippen LogP contribution in [-0.2, 0) is 17.8 Å². The predicted molar refractivity (Wildman–Crippen MR) is 71.4 cm³/mol. The quantitative estimate of drug-likeness (QED) is 0.868. The Morgan fingerprint density at radius 3 is 2.39 bits per heavy atom. The zero-order valence-corrected chi connectivity index (χ0v) is 11.1. The first kappa shape index (κ1) is 13.1. The van der Waals surface area contributed by atoms with Gasteiger partial charge < -0.3 is 5.11 Å². The number of nitrogens with zero attached hydrogens (tertiary/aromatic N) is 1. The molecule has 0 aliphatic carbocycles. The summed E-state index contributed by atoms with van der Waals surface area (Å²) in [6, 6.07) is 8.69. The second-order valence-corrected chi connectivity index (χ2v) is 5.25. The number of aryl methyl sites for hydroxylation is 1. The monoisotopic (exact) mass is 247 g/mol. The van der Waals surface area contributed by atoms with E-state index in [2.05, 4.69) is 36.1 Å². The fraction of sp³-hybridized carbons (Fsp3) is 0.533. The summed E-state index contributed by atoms with van der Waals surface area (Å²) in [4.78, 5) is 13.2. The van der Waals surface area contributed by atoms with Gasteiger partial charge >= 0.3 is 5.97 Å². The summed E-state index contributed by atoms with van der Waals surface area (Å²) in [6.45, 7) is 6.71. The van der Waals surface area contributed by atoms with Gasteiger partial charge in [-0.05, 0) is 23.5 Å². The number of carboxylic acids is 1. The molecular formula is C15H21NO2. The zero-order chi connectivity index (χ0) is 13.1. The Hall–Kier alpha value is -1.35. The number of hydrogen-bond acceptors (Lipinski definition) is 2. The van der Waals surface area contributed by atoms with Gasteiger partial charge in [0.1, 0.15) is 0 Å². The van der Waals surface area contributed by atoms with Crippen LogP contribution in [0.3, 0.4) is 0 Å². The molecule has 0 saturated carbocycles. The average molecular weight is 247 g/mol. The van der Waals surface area contributed by atoms with Gasteiger partial charge in [-0.15, -0.1) is 0 Å².